The second-order valence-corrected chi connectivity index (χ2v) is 9.85. The van der Waals surface area contributed by atoms with E-state index in [9.17, 15) is 23.3 Å². The molecule has 194 valence electrons. The molecule has 0 saturated heterocycles. The van der Waals surface area contributed by atoms with Crippen molar-refractivity contribution in [3.8, 4) is 11.5 Å². The topological polar surface area (TPSA) is 140 Å². The predicted molar refractivity (Wildman–Crippen MR) is 139 cm³/mol. The fourth-order valence-electron chi connectivity index (χ4n) is 3.20. The standard InChI is InChI=1S/C23H20Cl2N4O7S/c1-35-15-10-11-19(21(12-15)36-2)28(37(33,34)22-9-4-3-8-20(22)29(31)32)14-23(30)27-26-13-16-17(24)6-5-7-18(16)25/h3-13H,14H2,1-2H3,(H,27,30)/b26-13-. The molecule has 0 aromatic heterocycles. The molecule has 0 radical (unpaired) electrons. The highest BCUT2D eigenvalue weighted by atomic mass is 35.5. The second kappa shape index (κ2) is 11.9. The number of para-hydroxylation sites is 1. The van der Waals surface area contributed by atoms with Gasteiger partial charge in [0.25, 0.3) is 21.6 Å². The fraction of sp³-hybridized carbons (Fsp3) is 0.130. The van der Waals surface area contributed by atoms with Gasteiger partial charge in [-0.05, 0) is 30.3 Å². The van der Waals surface area contributed by atoms with Gasteiger partial charge in [-0.25, -0.2) is 13.8 Å². The van der Waals surface area contributed by atoms with Gasteiger partial charge >= 0.3 is 0 Å². The summed E-state index contributed by atoms with van der Waals surface area (Å²) in [5, 5.41) is 15.9. The lowest BCUT2D eigenvalue weighted by atomic mass is 10.2. The van der Waals surface area contributed by atoms with Crippen molar-refractivity contribution in [2.24, 2.45) is 5.10 Å². The number of hydrogen-bond acceptors (Lipinski definition) is 8. The molecule has 14 heteroatoms. The Morgan fingerprint density at radius 3 is 2.38 bits per heavy atom. The summed E-state index contributed by atoms with van der Waals surface area (Å²) in [5.74, 6) is -0.463. The first-order valence-electron chi connectivity index (χ1n) is 10.3. The number of carbonyl (C=O) groups is 1. The number of nitro groups is 1. The molecular formula is C23H20Cl2N4O7S. The van der Waals surface area contributed by atoms with E-state index in [-0.39, 0.29) is 21.5 Å². The average Bonchev–Trinajstić information content (AvgIpc) is 2.88. The Labute approximate surface area is 222 Å². The van der Waals surface area contributed by atoms with Gasteiger partial charge in [0.1, 0.15) is 18.0 Å². The number of nitrogens with one attached hydrogen (secondary N) is 1. The molecule has 1 amide bonds. The highest BCUT2D eigenvalue weighted by Gasteiger charge is 2.34. The first kappa shape index (κ1) is 27.7. The normalized spacial score (nSPS) is 11.2. The first-order chi connectivity index (χ1) is 17.6. The first-order valence-corrected chi connectivity index (χ1v) is 12.5. The lowest BCUT2D eigenvalue weighted by Crippen LogP contribution is -2.40. The van der Waals surface area contributed by atoms with Gasteiger partial charge in [-0.15, -0.1) is 0 Å². The van der Waals surface area contributed by atoms with Crippen molar-refractivity contribution in [3.05, 3.63) is 86.4 Å². The molecule has 0 unspecified atom stereocenters. The van der Waals surface area contributed by atoms with E-state index < -0.39 is 38.0 Å². The second-order valence-electron chi connectivity index (χ2n) is 7.20. The van der Waals surface area contributed by atoms with Crippen LogP contribution in [0, 0.1) is 10.1 Å². The van der Waals surface area contributed by atoms with Crippen molar-refractivity contribution in [1.82, 2.24) is 5.43 Å². The van der Waals surface area contributed by atoms with E-state index in [1.807, 2.05) is 0 Å². The van der Waals surface area contributed by atoms with Crippen molar-refractivity contribution in [1.29, 1.82) is 0 Å². The predicted octanol–water partition coefficient (Wildman–Crippen LogP) is 4.26. The summed E-state index contributed by atoms with van der Waals surface area (Å²) < 4.78 is 38.5. The SMILES string of the molecule is COc1ccc(N(CC(=O)N/N=C\c2c(Cl)cccc2Cl)S(=O)(=O)c2ccccc2[N+](=O)[O-])c(OC)c1. The Hall–Kier alpha value is -3.87. The van der Waals surface area contributed by atoms with Crippen LogP contribution in [-0.4, -0.2) is 46.2 Å². The van der Waals surface area contributed by atoms with Gasteiger partial charge in [-0.3, -0.25) is 19.2 Å². The molecule has 0 aliphatic heterocycles. The molecular weight excluding hydrogens is 547 g/mol. The zero-order chi connectivity index (χ0) is 27.2. The summed E-state index contributed by atoms with van der Waals surface area (Å²) in [4.78, 5) is 22.9. The van der Waals surface area contributed by atoms with Crippen LogP contribution in [0.1, 0.15) is 5.56 Å². The third-order valence-electron chi connectivity index (χ3n) is 4.96. The van der Waals surface area contributed by atoms with E-state index in [1.165, 1.54) is 50.8 Å². The maximum atomic E-state index is 13.7. The maximum Gasteiger partial charge on any atom is 0.289 e. The van der Waals surface area contributed by atoms with E-state index >= 15 is 0 Å². The molecule has 3 rings (SSSR count). The molecule has 1 N–H and O–H groups in total. The average molecular weight is 567 g/mol. The molecule has 11 nitrogen and oxygen atoms in total. The Bertz CT molecular complexity index is 1440. The van der Waals surface area contributed by atoms with Crippen LogP contribution in [0.5, 0.6) is 11.5 Å². The summed E-state index contributed by atoms with van der Waals surface area (Å²) in [7, 11) is -1.94. The number of ether oxygens (including phenoxy) is 2. The van der Waals surface area contributed by atoms with E-state index in [2.05, 4.69) is 10.5 Å². The minimum Gasteiger partial charge on any atom is -0.497 e. The number of benzene rings is 3. The van der Waals surface area contributed by atoms with Crippen molar-refractivity contribution in [2.45, 2.75) is 4.90 Å². The zero-order valence-corrected chi connectivity index (χ0v) is 21.7. The molecule has 0 aliphatic carbocycles. The quantitative estimate of drug-likeness (QED) is 0.219. The summed E-state index contributed by atoms with van der Waals surface area (Å²) in [6, 6.07) is 13.8. The number of carbonyl (C=O) groups excluding carboxylic acids is 1. The summed E-state index contributed by atoms with van der Waals surface area (Å²) in [5.41, 5.74) is 1.83. The van der Waals surface area contributed by atoms with Crippen molar-refractivity contribution in [3.63, 3.8) is 0 Å². The molecule has 0 saturated carbocycles. The van der Waals surface area contributed by atoms with Gasteiger partial charge in [-0.1, -0.05) is 41.4 Å². The lowest BCUT2D eigenvalue weighted by Gasteiger charge is -2.25. The van der Waals surface area contributed by atoms with E-state index in [0.29, 0.717) is 15.6 Å². The van der Waals surface area contributed by atoms with Crippen LogP contribution in [0.25, 0.3) is 0 Å². The summed E-state index contributed by atoms with van der Waals surface area (Å²) >= 11 is 12.2. The van der Waals surface area contributed by atoms with Crippen LogP contribution in [0.2, 0.25) is 10.0 Å². The fourth-order valence-corrected chi connectivity index (χ4v) is 5.29. The van der Waals surface area contributed by atoms with Crippen LogP contribution in [0.15, 0.2) is 70.7 Å². The summed E-state index contributed by atoms with van der Waals surface area (Å²) in [6.07, 6.45) is 1.21. The Balaban J connectivity index is 2.03. The molecule has 0 fully saturated rings. The van der Waals surface area contributed by atoms with Gasteiger partial charge in [-0.2, -0.15) is 5.10 Å². The number of halogens is 2. The summed E-state index contributed by atoms with van der Waals surface area (Å²) in [6.45, 7) is -0.801. The molecule has 0 atom stereocenters. The van der Waals surface area contributed by atoms with Gasteiger partial charge in [0.15, 0.2) is 4.90 Å². The molecule has 3 aromatic rings. The molecule has 0 aliphatic rings. The Morgan fingerprint density at radius 1 is 1.08 bits per heavy atom. The third kappa shape index (κ3) is 6.28. The van der Waals surface area contributed by atoms with Crippen LogP contribution in [0.4, 0.5) is 11.4 Å². The highest BCUT2D eigenvalue weighted by molar-refractivity contribution is 7.93. The number of hydrazone groups is 1. The monoisotopic (exact) mass is 566 g/mol. The number of nitrogens with zero attached hydrogens (tertiary/aromatic N) is 3. The maximum absolute atomic E-state index is 13.7. The van der Waals surface area contributed by atoms with Gasteiger partial charge < -0.3 is 9.47 Å². The van der Waals surface area contributed by atoms with Crippen LogP contribution >= 0.6 is 23.2 Å². The number of sulfonamides is 1. The van der Waals surface area contributed by atoms with Gasteiger partial charge in [0.2, 0.25) is 0 Å². The molecule has 3 aromatic carbocycles. The molecule has 0 heterocycles. The zero-order valence-electron chi connectivity index (χ0n) is 19.4. The molecule has 0 bridgehead atoms. The van der Waals surface area contributed by atoms with Crippen molar-refractivity contribution in [2.75, 3.05) is 25.1 Å². The Kier molecular flexibility index (Phi) is 8.92. The van der Waals surface area contributed by atoms with Crippen molar-refractivity contribution < 1.29 is 27.6 Å². The van der Waals surface area contributed by atoms with E-state index in [0.717, 1.165) is 12.1 Å². The minimum absolute atomic E-state index is 0.0423. The smallest absolute Gasteiger partial charge is 0.289 e. The number of nitro benzene ring substituents is 1. The van der Waals surface area contributed by atoms with E-state index in [4.69, 9.17) is 32.7 Å². The number of rotatable bonds is 10. The lowest BCUT2D eigenvalue weighted by molar-refractivity contribution is -0.387. The van der Waals surface area contributed by atoms with Crippen LogP contribution in [0.3, 0.4) is 0 Å². The van der Waals surface area contributed by atoms with Crippen LogP contribution in [-0.2, 0) is 14.8 Å². The minimum atomic E-state index is -4.65. The van der Waals surface area contributed by atoms with Gasteiger partial charge in [0.05, 0.1) is 41.1 Å². The third-order valence-corrected chi connectivity index (χ3v) is 7.42. The number of hydrogen-bond donors (Lipinski definition) is 1. The highest BCUT2D eigenvalue weighted by Crippen LogP contribution is 2.37. The number of anilines is 1. The Morgan fingerprint density at radius 2 is 1.76 bits per heavy atom. The largest absolute Gasteiger partial charge is 0.497 e. The number of methoxy groups -OCH3 is 2. The molecule has 37 heavy (non-hydrogen) atoms. The molecule has 0 spiro atoms. The van der Waals surface area contributed by atoms with E-state index in [1.54, 1.807) is 18.2 Å². The van der Waals surface area contributed by atoms with Gasteiger partial charge in [0, 0.05) is 17.7 Å². The van der Waals surface area contributed by atoms with Crippen molar-refractivity contribution >= 4 is 56.7 Å². The van der Waals surface area contributed by atoms with Crippen LogP contribution < -0.4 is 19.2 Å². The number of amides is 1.